The topological polar surface area (TPSA) is 180 Å². The fourth-order valence-electron chi connectivity index (χ4n) is 10.0. The van der Waals surface area contributed by atoms with E-state index in [0.717, 1.165) is 87.8 Å². The van der Waals surface area contributed by atoms with Gasteiger partial charge in [0.15, 0.2) is 11.6 Å². The second-order valence-electron chi connectivity index (χ2n) is 18.7. The summed E-state index contributed by atoms with van der Waals surface area (Å²) in [6, 6.07) is 12.5. The molecular weight excluding hydrogens is 863 g/mol. The molecule has 2 N–H and O–H groups in total. The minimum absolute atomic E-state index is 0.0262. The predicted octanol–water partition coefficient (Wildman–Crippen LogP) is 6.47. The molecule has 15 heteroatoms. The zero-order valence-corrected chi connectivity index (χ0v) is 39.7. The van der Waals surface area contributed by atoms with E-state index in [2.05, 4.69) is 70.2 Å². The van der Waals surface area contributed by atoms with Crippen LogP contribution in [0.1, 0.15) is 121 Å². The molecule has 1 atom stereocenters. The number of ketones is 2. The number of nitrogens with zero attached hydrogens (tertiary/aromatic N) is 5. The summed E-state index contributed by atoms with van der Waals surface area (Å²) in [5.74, 6) is -1.18. The van der Waals surface area contributed by atoms with Gasteiger partial charge in [-0.05, 0) is 118 Å². The van der Waals surface area contributed by atoms with Gasteiger partial charge >= 0.3 is 0 Å². The fraction of sp³-hybridized carbons (Fsp3) is 0.434. The number of rotatable bonds is 18. The summed E-state index contributed by atoms with van der Waals surface area (Å²) in [5.41, 5.74) is 8.58. The molecule has 2 aromatic carbocycles. The number of allylic oxidation sites excluding steroid dienone is 4. The van der Waals surface area contributed by atoms with E-state index in [1.807, 2.05) is 32.2 Å². The van der Waals surface area contributed by atoms with Crippen LogP contribution < -0.4 is 15.5 Å². The highest BCUT2D eigenvalue weighted by atomic mass is 16.5. The SMILES string of the molecule is CC1=CC(C)=C(CCC(=O)c2cc(-c3ccc(N4CCN(CCNC(=O)CCOCCCc5cccc6c5C(=O)N(C5CCC(=O)NC5=O)C6=O)CC4)nc3)cc3c2c(C)cn3C(C)C)C(=O)C1. The fourth-order valence-corrected chi connectivity index (χ4v) is 10.0. The molecule has 5 heterocycles. The van der Waals surface area contributed by atoms with Crippen LogP contribution in [0.4, 0.5) is 5.82 Å². The number of hydrogen-bond acceptors (Lipinski definition) is 11. The number of Topliss-reactive ketones (excluding diaryl/α,β-unsaturated/α-hetero) is 2. The van der Waals surface area contributed by atoms with E-state index >= 15 is 0 Å². The van der Waals surface area contributed by atoms with Crippen molar-refractivity contribution in [2.75, 3.05) is 57.4 Å². The number of hydrogen-bond donors (Lipinski definition) is 2. The van der Waals surface area contributed by atoms with Crippen LogP contribution in [-0.2, 0) is 30.3 Å². The molecule has 0 spiro atoms. The van der Waals surface area contributed by atoms with Crippen molar-refractivity contribution < 1.29 is 38.3 Å². The lowest BCUT2D eigenvalue weighted by molar-refractivity contribution is -0.136. The first-order valence-corrected chi connectivity index (χ1v) is 23.9. The standard InChI is InChI=1S/C53H61N7O8/c1-32(2)59-31-35(5)49-41(44(61)14-12-39-34(4)26-33(3)27-45(39)62)28-38(29-43(49)59)37-11-15-46(55-30-37)58-22-20-57(21-23-58)19-18-54-47(63)17-25-68-24-7-9-36-8-6-10-40-50(36)53(67)60(52(40)66)42-13-16-48(64)56-51(42)65/h6,8,10-11,15,26,28-32,42H,7,9,12-14,16-25,27H2,1-5H3,(H,54,63)(H,56,64,65). The van der Waals surface area contributed by atoms with E-state index in [-0.39, 0.29) is 61.4 Å². The van der Waals surface area contributed by atoms with Crippen molar-refractivity contribution in [1.29, 1.82) is 0 Å². The minimum atomic E-state index is -1.01. The zero-order valence-electron chi connectivity index (χ0n) is 39.7. The highest BCUT2D eigenvalue weighted by molar-refractivity contribution is 6.24. The van der Waals surface area contributed by atoms with Crippen LogP contribution >= 0.6 is 0 Å². The van der Waals surface area contributed by atoms with Gasteiger partial charge in [-0.1, -0.05) is 23.8 Å². The zero-order chi connectivity index (χ0) is 48.2. The number of pyridine rings is 1. The number of nitrogens with one attached hydrogen (secondary N) is 2. The number of anilines is 1. The molecule has 0 radical (unpaired) electrons. The molecule has 2 fully saturated rings. The molecule has 8 rings (SSSR count). The first kappa shape index (κ1) is 47.9. The Kier molecular flexibility index (Phi) is 14.6. The smallest absolute Gasteiger partial charge is 0.262 e. The summed E-state index contributed by atoms with van der Waals surface area (Å²) in [6.45, 7) is 15.4. The van der Waals surface area contributed by atoms with Gasteiger partial charge in [0.2, 0.25) is 17.7 Å². The third-order valence-electron chi connectivity index (χ3n) is 13.6. The molecule has 356 valence electrons. The molecule has 2 aromatic heterocycles. The van der Waals surface area contributed by atoms with Crippen molar-refractivity contribution in [3.8, 4) is 11.1 Å². The van der Waals surface area contributed by atoms with Crippen LogP contribution in [0.2, 0.25) is 0 Å². The van der Waals surface area contributed by atoms with Crippen molar-refractivity contribution >= 4 is 57.8 Å². The molecule has 1 aliphatic carbocycles. The second kappa shape index (κ2) is 20.7. The van der Waals surface area contributed by atoms with Crippen molar-refractivity contribution in [3.63, 3.8) is 0 Å². The molecule has 3 aliphatic heterocycles. The largest absolute Gasteiger partial charge is 0.381 e. The summed E-state index contributed by atoms with van der Waals surface area (Å²) >= 11 is 0. The Labute approximate surface area is 396 Å². The maximum atomic E-state index is 14.0. The second-order valence-corrected chi connectivity index (χ2v) is 18.7. The number of aromatic nitrogens is 2. The molecule has 4 aliphatic rings. The van der Waals surface area contributed by atoms with Gasteiger partial charge in [0, 0.05) is 112 Å². The van der Waals surface area contributed by atoms with E-state index in [0.29, 0.717) is 55.5 Å². The third kappa shape index (κ3) is 10.3. The Morgan fingerprint density at radius 2 is 1.71 bits per heavy atom. The molecule has 4 aromatic rings. The molecule has 68 heavy (non-hydrogen) atoms. The number of carbonyl (C=O) groups excluding carboxylic acids is 7. The molecular formula is C53H61N7O8. The Morgan fingerprint density at radius 1 is 0.912 bits per heavy atom. The van der Waals surface area contributed by atoms with Crippen molar-refractivity contribution in [3.05, 3.63) is 105 Å². The van der Waals surface area contributed by atoms with Crippen LogP contribution in [-0.4, -0.2) is 119 Å². The van der Waals surface area contributed by atoms with Crippen molar-refractivity contribution in [1.82, 2.24) is 30.0 Å². The van der Waals surface area contributed by atoms with E-state index < -0.39 is 29.7 Å². The summed E-state index contributed by atoms with van der Waals surface area (Å²) in [7, 11) is 0. The van der Waals surface area contributed by atoms with Crippen LogP contribution in [0.5, 0.6) is 0 Å². The number of carbonyl (C=O) groups is 7. The van der Waals surface area contributed by atoms with Gasteiger partial charge in [0.25, 0.3) is 11.8 Å². The molecule has 0 bridgehead atoms. The number of aryl methyl sites for hydroxylation is 2. The van der Waals surface area contributed by atoms with Gasteiger partial charge in [-0.15, -0.1) is 0 Å². The molecule has 1 unspecified atom stereocenters. The monoisotopic (exact) mass is 923 g/mol. The number of amides is 5. The third-order valence-corrected chi connectivity index (χ3v) is 13.6. The molecule has 0 saturated carbocycles. The first-order valence-electron chi connectivity index (χ1n) is 23.9. The number of benzene rings is 2. The van der Waals surface area contributed by atoms with E-state index in [9.17, 15) is 33.6 Å². The van der Waals surface area contributed by atoms with E-state index in [1.54, 1.807) is 18.2 Å². The summed E-state index contributed by atoms with van der Waals surface area (Å²) < 4.78 is 7.96. The average molecular weight is 924 g/mol. The number of piperazine rings is 1. The maximum Gasteiger partial charge on any atom is 0.262 e. The Hall–Kier alpha value is -6.58. The van der Waals surface area contributed by atoms with Gasteiger partial charge in [0.05, 0.1) is 17.7 Å². The van der Waals surface area contributed by atoms with Crippen LogP contribution in [0, 0.1) is 6.92 Å². The number of ether oxygens (including phenoxy) is 1. The highest BCUT2D eigenvalue weighted by Crippen LogP contribution is 2.35. The van der Waals surface area contributed by atoms with Gasteiger partial charge < -0.3 is 19.5 Å². The van der Waals surface area contributed by atoms with Crippen LogP contribution in [0.15, 0.2) is 77.7 Å². The summed E-state index contributed by atoms with van der Waals surface area (Å²) in [6.07, 6.45) is 8.59. The Balaban J connectivity index is 0.770. The minimum Gasteiger partial charge on any atom is -0.381 e. The quantitative estimate of drug-likeness (QED) is 0.0635. The lowest BCUT2D eigenvalue weighted by Crippen LogP contribution is -2.54. The lowest BCUT2D eigenvalue weighted by Gasteiger charge is -2.35. The van der Waals surface area contributed by atoms with E-state index in [1.165, 1.54) is 0 Å². The lowest BCUT2D eigenvalue weighted by atomic mass is 9.88. The molecule has 5 amide bonds. The van der Waals surface area contributed by atoms with Crippen LogP contribution in [0.3, 0.4) is 0 Å². The number of piperidine rings is 1. The van der Waals surface area contributed by atoms with Gasteiger partial charge in [-0.25, -0.2) is 4.98 Å². The van der Waals surface area contributed by atoms with Gasteiger partial charge in [-0.3, -0.25) is 48.7 Å². The predicted molar refractivity (Wildman–Crippen MR) is 258 cm³/mol. The molecule has 2 saturated heterocycles. The van der Waals surface area contributed by atoms with Crippen molar-refractivity contribution in [2.45, 2.75) is 98.1 Å². The highest BCUT2D eigenvalue weighted by Gasteiger charge is 2.45. The van der Waals surface area contributed by atoms with E-state index in [4.69, 9.17) is 9.72 Å². The maximum absolute atomic E-state index is 14.0. The first-order chi connectivity index (χ1) is 32.7. The van der Waals surface area contributed by atoms with Crippen molar-refractivity contribution in [2.24, 2.45) is 0 Å². The molecule has 15 nitrogen and oxygen atoms in total. The van der Waals surface area contributed by atoms with Gasteiger partial charge in [0.1, 0.15) is 11.9 Å². The Bertz CT molecular complexity index is 2740. The van der Waals surface area contributed by atoms with Gasteiger partial charge in [-0.2, -0.15) is 0 Å². The summed E-state index contributed by atoms with van der Waals surface area (Å²) in [4.78, 5) is 100. The normalized spacial score (nSPS) is 17.9. The number of imide groups is 2. The average Bonchev–Trinajstić information content (AvgIpc) is 3.79. The Morgan fingerprint density at radius 3 is 2.43 bits per heavy atom. The number of fused-ring (bicyclic) bond motifs is 2. The summed E-state index contributed by atoms with van der Waals surface area (Å²) in [5, 5.41) is 6.18. The van der Waals surface area contributed by atoms with Crippen LogP contribution in [0.25, 0.3) is 22.0 Å².